The SMILES string of the molecule is Cc1cccc(-c2nnn(C/C=C3\CCC[C@]4(C)[C@@H]([C@H](C)CCC(F)(F)C(C)(C)O)CC[C@@H]34)n2)c1. The summed E-state index contributed by atoms with van der Waals surface area (Å²) in [4.78, 5) is 1.66. The molecule has 1 aromatic heterocycles. The number of hydrogen-bond acceptors (Lipinski definition) is 4. The van der Waals surface area contributed by atoms with Gasteiger partial charge in [0, 0.05) is 12.0 Å². The Hall–Kier alpha value is -2.15. The summed E-state index contributed by atoms with van der Waals surface area (Å²) in [5.74, 6) is -1.32. The van der Waals surface area contributed by atoms with Crippen LogP contribution in [0, 0.1) is 30.1 Å². The van der Waals surface area contributed by atoms with E-state index in [1.807, 2.05) is 25.1 Å². The molecule has 1 aromatic carbocycles. The summed E-state index contributed by atoms with van der Waals surface area (Å²) in [6.45, 7) is 9.55. The number of allylic oxidation sites excluding steroid dienone is 2. The molecule has 1 heterocycles. The van der Waals surface area contributed by atoms with Gasteiger partial charge in [0.15, 0.2) is 0 Å². The lowest BCUT2D eigenvalue weighted by molar-refractivity contribution is -0.168. The molecular formula is C28H40F2N4O. The number of fused-ring (bicyclic) bond motifs is 1. The van der Waals surface area contributed by atoms with Crippen LogP contribution in [0.15, 0.2) is 35.9 Å². The molecule has 0 saturated heterocycles. The number of aliphatic hydroxyl groups is 1. The van der Waals surface area contributed by atoms with Crippen molar-refractivity contribution in [2.75, 3.05) is 0 Å². The molecule has 4 rings (SSSR count). The van der Waals surface area contributed by atoms with Crippen molar-refractivity contribution in [2.45, 2.75) is 97.6 Å². The molecule has 0 amide bonds. The molecule has 0 unspecified atom stereocenters. The first kappa shape index (κ1) is 25.9. The lowest BCUT2D eigenvalue weighted by atomic mass is 9.60. The molecule has 5 nitrogen and oxygen atoms in total. The van der Waals surface area contributed by atoms with Gasteiger partial charge in [0.2, 0.25) is 5.82 Å². The Bertz CT molecular complexity index is 1060. The Morgan fingerprint density at radius 2 is 2.06 bits per heavy atom. The Morgan fingerprint density at radius 3 is 2.77 bits per heavy atom. The minimum Gasteiger partial charge on any atom is -0.384 e. The largest absolute Gasteiger partial charge is 0.384 e. The van der Waals surface area contributed by atoms with Crippen LogP contribution in [0.1, 0.15) is 78.2 Å². The summed E-state index contributed by atoms with van der Waals surface area (Å²) in [6, 6.07) is 8.10. The lowest BCUT2D eigenvalue weighted by Crippen LogP contribution is -2.43. The van der Waals surface area contributed by atoms with Crippen LogP contribution in [-0.4, -0.2) is 36.8 Å². The van der Waals surface area contributed by atoms with Gasteiger partial charge in [-0.1, -0.05) is 49.3 Å². The number of benzene rings is 1. The van der Waals surface area contributed by atoms with E-state index in [1.54, 1.807) is 4.80 Å². The molecule has 4 atom stereocenters. The molecule has 0 aliphatic heterocycles. The van der Waals surface area contributed by atoms with E-state index in [2.05, 4.69) is 41.4 Å². The molecule has 192 valence electrons. The number of rotatable bonds is 8. The maximum atomic E-state index is 14.4. The zero-order valence-corrected chi connectivity index (χ0v) is 21.8. The monoisotopic (exact) mass is 486 g/mol. The Labute approximate surface area is 208 Å². The van der Waals surface area contributed by atoms with Crippen molar-refractivity contribution in [2.24, 2.45) is 23.2 Å². The topological polar surface area (TPSA) is 63.8 Å². The van der Waals surface area contributed by atoms with Crippen LogP contribution in [0.5, 0.6) is 0 Å². The van der Waals surface area contributed by atoms with Crippen LogP contribution in [-0.2, 0) is 6.54 Å². The number of aromatic nitrogens is 4. The zero-order valence-electron chi connectivity index (χ0n) is 21.8. The molecular weight excluding hydrogens is 446 g/mol. The summed E-state index contributed by atoms with van der Waals surface area (Å²) < 4.78 is 28.8. The van der Waals surface area contributed by atoms with E-state index in [0.29, 0.717) is 30.6 Å². The summed E-state index contributed by atoms with van der Waals surface area (Å²) in [6.07, 6.45) is 7.99. The maximum Gasteiger partial charge on any atom is 0.275 e. The standard InChI is InChI=1S/C28H40F2N4O/c1-19-8-6-9-22(18-19)25-31-33-34(32-25)17-14-21-10-7-15-27(5)23(11-12-24(21)27)20(2)13-16-28(29,30)26(3,4)35/h6,8-9,14,18,20,23-24,35H,7,10-13,15-17H2,1-5H3/b21-14+/t20-,23-,24+,27-/m1/s1. The van der Waals surface area contributed by atoms with Gasteiger partial charge in [-0.05, 0) is 93.7 Å². The molecule has 2 saturated carbocycles. The third kappa shape index (κ3) is 5.35. The molecule has 2 aromatic rings. The minimum absolute atomic E-state index is 0.135. The predicted octanol–water partition coefficient (Wildman–Crippen LogP) is 6.61. The highest BCUT2D eigenvalue weighted by molar-refractivity contribution is 5.54. The number of tetrazole rings is 1. The summed E-state index contributed by atoms with van der Waals surface area (Å²) in [7, 11) is 0. The van der Waals surface area contributed by atoms with Crippen LogP contribution in [0.2, 0.25) is 0 Å². The van der Waals surface area contributed by atoms with Gasteiger partial charge in [0.25, 0.3) is 5.92 Å². The molecule has 35 heavy (non-hydrogen) atoms. The van der Waals surface area contributed by atoms with Crippen LogP contribution in [0.3, 0.4) is 0 Å². The number of nitrogens with zero attached hydrogens (tertiary/aromatic N) is 4. The summed E-state index contributed by atoms with van der Waals surface area (Å²) in [5, 5.41) is 22.9. The Balaban J connectivity index is 1.42. The molecule has 7 heteroatoms. The van der Waals surface area contributed by atoms with Gasteiger partial charge in [-0.2, -0.15) is 4.80 Å². The first-order chi connectivity index (χ1) is 16.4. The highest BCUT2D eigenvalue weighted by Gasteiger charge is 2.51. The third-order valence-corrected chi connectivity index (χ3v) is 8.78. The van der Waals surface area contributed by atoms with Crippen LogP contribution < -0.4 is 0 Å². The van der Waals surface area contributed by atoms with Gasteiger partial charge < -0.3 is 5.11 Å². The predicted molar refractivity (Wildman–Crippen MR) is 134 cm³/mol. The maximum absolute atomic E-state index is 14.4. The second-order valence-corrected chi connectivity index (χ2v) is 11.7. The number of aryl methyl sites for hydroxylation is 1. The van der Waals surface area contributed by atoms with Gasteiger partial charge >= 0.3 is 0 Å². The lowest BCUT2D eigenvalue weighted by Gasteiger charge is -2.44. The van der Waals surface area contributed by atoms with Crippen LogP contribution >= 0.6 is 0 Å². The fourth-order valence-corrected chi connectivity index (χ4v) is 6.59. The quantitative estimate of drug-likeness (QED) is 0.426. The third-order valence-electron chi connectivity index (χ3n) is 8.78. The number of hydrogen-bond donors (Lipinski definition) is 1. The molecule has 0 bridgehead atoms. The first-order valence-electron chi connectivity index (χ1n) is 13.0. The van der Waals surface area contributed by atoms with Crippen molar-refractivity contribution in [3.63, 3.8) is 0 Å². The van der Waals surface area contributed by atoms with E-state index in [0.717, 1.165) is 43.2 Å². The average Bonchev–Trinajstić information content (AvgIpc) is 3.40. The van der Waals surface area contributed by atoms with Gasteiger partial charge in [0.1, 0.15) is 5.60 Å². The normalized spacial score (nSPS) is 27.3. The highest BCUT2D eigenvalue weighted by atomic mass is 19.3. The summed E-state index contributed by atoms with van der Waals surface area (Å²) >= 11 is 0. The number of alkyl halides is 2. The van der Waals surface area contributed by atoms with Gasteiger partial charge in [-0.15, -0.1) is 10.2 Å². The smallest absolute Gasteiger partial charge is 0.275 e. The van der Waals surface area contributed by atoms with Gasteiger partial charge in [-0.25, -0.2) is 8.78 Å². The van der Waals surface area contributed by atoms with E-state index in [4.69, 9.17) is 0 Å². The van der Waals surface area contributed by atoms with E-state index in [1.165, 1.54) is 19.4 Å². The molecule has 2 aliphatic rings. The first-order valence-corrected chi connectivity index (χ1v) is 13.0. The van der Waals surface area contributed by atoms with E-state index >= 15 is 0 Å². The van der Waals surface area contributed by atoms with Crippen molar-refractivity contribution in [3.05, 3.63) is 41.5 Å². The highest BCUT2D eigenvalue weighted by Crippen LogP contribution is 2.60. The van der Waals surface area contributed by atoms with Gasteiger partial charge in [0.05, 0.1) is 6.54 Å². The van der Waals surface area contributed by atoms with E-state index in [-0.39, 0.29) is 17.8 Å². The van der Waals surface area contributed by atoms with E-state index in [9.17, 15) is 13.9 Å². The Morgan fingerprint density at radius 1 is 1.29 bits per heavy atom. The van der Waals surface area contributed by atoms with Crippen molar-refractivity contribution < 1.29 is 13.9 Å². The molecule has 1 N–H and O–H groups in total. The second-order valence-electron chi connectivity index (χ2n) is 11.7. The minimum atomic E-state index is -3.07. The molecule has 0 spiro atoms. The van der Waals surface area contributed by atoms with E-state index < -0.39 is 11.5 Å². The van der Waals surface area contributed by atoms with Crippen molar-refractivity contribution in [1.82, 2.24) is 20.2 Å². The molecule has 2 fully saturated rings. The van der Waals surface area contributed by atoms with Crippen molar-refractivity contribution >= 4 is 0 Å². The average molecular weight is 487 g/mol. The van der Waals surface area contributed by atoms with Crippen LogP contribution in [0.25, 0.3) is 11.4 Å². The summed E-state index contributed by atoms with van der Waals surface area (Å²) in [5.41, 5.74) is 1.75. The molecule has 0 radical (unpaired) electrons. The molecule has 2 aliphatic carbocycles. The fraction of sp³-hybridized carbons (Fsp3) is 0.679. The number of halogens is 2. The fourth-order valence-electron chi connectivity index (χ4n) is 6.59. The second kappa shape index (κ2) is 9.72. The van der Waals surface area contributed by atoms with Crippen molar-refractivity contribution in [3.8, 4) is 11.4 Å². The zero-order chi connectivity index (χ0) is 25.4. The van der Waals surface area contributed by atoms with Crippen molar-refractivity contribution in [1.29, 1.82) is 0 Å². The van der Waals surface area contributed by atoms with Gasteiger partial charge in [-0.3, -0.25) is 0 Å². The van der Waals surface area contributed by atoms with Crippen LogP contribution in [0.4, 0.5) is 8.78 Å². The Kier molecular flexibility index (Phi) is 7.20.